The number of anilines is 1. The molecule has 0 radical (unpaired) electrons. The molecule has 33 heavy (non-hydrogen) atoms. The number of nitrogens with one attached hydrogen (secondary N) is 1. The number of hydrogen-bond acceptors (Lipinski definition) is 5. The molecule has 2 N–H and O–H groups in total. The summed E-state index contributed by atoms with van der Waals surface area (Å²) < 4.78 is 1.86. The molecule has 4 aromatic rings. The number of rotatable bonds is 6. The summed E-state index contributed by atoms with van der Waals surface area (Å²) in [6, 6.07) is 17.9. The van der Waals surface area contributed by atoms with E-state index in [4.69, 9.17) is 23.2 Å². The van der Waals surface area contributed by atoms with Crippen molar-refractivity contribution >= 4 is 46.6 Å². The van der Waals surface area contributed by atoms with Gasteiger partial charge in [0.2, 0.25) is 5.91 Å². The third-order valence-corrected chi connectivity index (χ3v) is 6.40. The fourth-order valence-corrected chi connectivity index (χ4v) is 4.47. The number of carbonyl (C=O) groups is 1. The van der Waals surface area contributed by atoms with Gasteiger partial charge >= 0.3 is 0 Å². The number of aromatic nitrogens is 3. The number of benzene rings is 3. The van der Waals surface area contributed by atoms with Crippen molar-refractivity contribution in [1.82, 2.24) is 14.8 Å². The minimum atomic E-state index is -0.261. The summed E-state index contributed by atoms with van der Waals surface area (Å²) in [5.74, 6) is 0.400. The number of nitrogens with zero attached hydrogens (tertiary/aromatic N) is 3. The lowest BCUT2D eigenvalue weighted by Crippen LogP contribution is -2.15. The Morgan fingerprint density at radius 2 is 1.85 bits per heavy atom. The smallest absolute Gasteiger partial charge is 0.234 e. The number of phenols is 1. The maximum absolute atomic E-state index is 12.6. The second-order valence-electron chi connectivity index (χ2n) is 7.41. The predicted molar refractivity (Wildman–Crippen MR) is 134 cm³/mol. The summed E-state index contributed by atoms with van der Waals surface area (Å²) >= 11 is 13.4. The molecule has 0 aliphatic heterocycles. The van der Waals surface area contributed by atoms with Crippen molar-refractivity contribution in [3.63, 3.8) is 0 Å². The predicted octanol–water partition coefficient (Wildman–Crippen LogP) is 6.29. The molecule has 0 fully saturated rings. The molecule has 1 aromatic heterocycles. The molecule has 0 aliphatic carbocycles. The molecule has 0 bridgehead atoms. The largest absolute Gasteiger partial charge is 0.507 e. The first-order valence-corrected chi connectivity index (χ1v) is 11.8. The van der Waals surface area contributed by atoms with Crippen LogP contribution in [0.4, 0.5) is 5.69 Å². The van der Waals surface area contributed by atoms with Crippen LogP contribution in [-0.4, -0.2) is 31.5 Å². The van der Waals surface area contributed by atoms with Crippen LogP contribution in [-0.2, 0) is 4.79 Å². The van der Waals surface area contributed by atoms with Crippen LogP contribution < -0.4 is 5.32 Å². The molecule has 0 spiro atoms. The Bertz CT molecular complexity index is 1340. The van der Waals surface area contributed by atoms with Crippen molar-refractivity contribution in [3.8, 4) is 22.8 Å². The van der Waals surface area contributed by atoms with Crippen molar-refractivity contribution in [3.05, 3.63) is 81.8 Å². The van der Waals surface area contributed by atoms with Crippen LogP contribution in [0.5, 0.6) is 5.75 Å². The molecule has 0 unspecified atom stereocenters. The number of aryl methyl sites for hydroxylation is 2. The Kier molecular flexibility index (Phi) is 6.93. The molecule has 0 atom stereocenters. The van der Waals surface area contributed by atoms with Gasteiger partial charge in [-0.25, -0.2) is 0 Å². The highest BCUT2D eigenvalue weighted by molar-refractivity contribution is 7.99. The molecular formula is C24H20Cl2N4O2S. The lowest BCUT2D eigenvalue weighted by atomic mass is 10.1. The zero-order valence-corrected chi connectivity index (χ0v) is 20.2. The van der Waals surface area contributed by atoms with Gasteiger partial charge in [-0.3, -0.25) is 9.36 Å². The van der Waals surface area contributed by atoms with Gasteiger partial charge in [0.05, 0.1) is 27.7 Å². The van der Waals surface area contributed by atoms with Crippen LogP contribution in [0.3, 0.4) is 0 Å². The second-order valence-corrected chi connectivity index (χ2v) is 9.20. The van der Waals surface area contributed by atoms with Gasteiger partial charge in [0.1, 0.15) is 5.75 Å². The van der Waals surface area contributed by atoms with Gasteiger partial charge in [0.25, 0.3) is 0 Å². The highest BCUT2D eigenvalue weighted by Gasteiger charge is 2.20. The van der Waals surface area contributed by atoms with E-state index in [0.29, 0.717) is 32.3 Å². The average Bonchev–Trinajstić information content (AvgIpc) is 3.18. The zero-order chi connectivity index (χ0) is 23.5. The van der Waals surface area contributed by atoms with Crippen molar-refractivity contribution in [1.29, 1.82) is 0 Å². The van der Waals surface area contributed by atoms with E-state index in [1.807, 2.05) is 36.6 Å². The Morgan fingerprint density at radius 1 is 1.06 bits per heavy atom. The summed E-state index contributed by atoms with van der Waals surface area (Å²) in [7, 11) is 0. The standard InChI is InChI=1S/C24H20Cl2N4O2S/c1-14-7-10-20(15(2)11-14)30-23(17-5-3-4-6-21(17)31)28-29-24(30)33-13-22(32)27-19-12-16(25)8-9-18(19)26/h3-12,31H,13H2,1-2H3,(H,27,32). The van der Waals surface area contributed by atoms with E-state index in [1.165, 1.54) is 11.8 Å². The van der Waals surface area contributed by atoms with Gasteiger partial charge in [-0.1, -0.05) is 64.8 Å². The average molecular weight is 499 g/mol. The van der Waals surface area contributed by atoms with E-state index < -0.39 is 0 Å². The minimum absolute atomic E-state index is 0.0760. The molecule has 6 nitrogen and oxygen atoms in total. The molecule has 0 aliphatic rings. The van der Waals surface area contributed by atoms with Crippen LogP contribution in [0.2, 0.25) is 10.0 Å². The highest BCUT2D eigenvalue weighted by Crippen LogP contribution is 2.34. The van der Waals surface area contributed by atoms with Gasteiger partial charge in [0.15, 0.2) is 11.0 Å². The monoisotopic (exact) mass is 498 g/mol. The third-order valence-electron chi connectivity index (χ3n) is 4.91. The molecule has 0 saturated heterocycles. The molecule has 1 heterocycles. The number of thioether (sulfide) groups is 1. The topological polar surface area (TPSA) is 80.0 Å². The van der Waals surface area contributed by atoms with Gasteiger partial charge in [-0.15, -0.1) is 10.2 Å². The van der Waals surface area contributed by atoms with Crippen molar-refractivity contribution in [2.75, 3.05) is 11.1 Å². The number of aromatic hydroxyl groups is 1. The molecular weight excluding hydrogens is 479 g/mol. The van der Waals surface area contributed by atoms with Crippen molar-refractivity contribution in [2.45, 2.75) is 19.0 Å². The van der Waals surface area contributed by atoms with E-state index in [2.05, 4.69) is 21.6 Å². The third kappa shape index (κ3) is 5.16. The first-order chi connectivity index (χ1) is 15.8. The van der Waals surface area contributed by atoms with E-state index in [1.54, 1.807) is 36.4 Å². The quantitative estimate of drug-likeness (QED) is 0.305. The Labute approximate surface area is 205 Å². The fraction of sp³-hybridized carbons (Fsp3) is 0.125. The van der Waals surface area contributed by atoms with Crippen molar-refractivity contribution < 1.29 is 9.90 Å². The lowest BCUT2D eigenvalue weighted by Gasteiger charge is -2.14. The first kappa shape index (κ1) is 23.2. The number of para-hydroxylation sites is 1. The van der Waals surface area contributed by atoms with Gasteiger partial charge in [-0.05, 0) is 55.8 Å². The van der Waals surface area contributed by atoms with E-state index >= 15 is 0 Å². The normalized spacial score (nSPS) is 10.9. The molecule has 1 amide bonds. The number of amides is 1. The fourth-order valence-electron chi connectivity index (χ4n) is 3.38. The molecule has 3 aromatic carbocycles. The van der Waals surface area contributed by atoms with Crippen molar-refractivity contribution in [2.24, 2.45) is 0 Å². The Morgan fingerprint density at radius 3 is 2.61 bits per heavy atom. The van der Waals surface area contributed by atoms with Crippen LogP contribution >= 0.6 is 35.0 Å². The highest BCUT2D eigenvalue weighted by atomic mass is 35.5. The number of hydrogen-bond donors (Lipinski definition) is 2. The lowest BCUT2D eigenvalue weighted by molar-refractivity contribution is -0.113. The van der Waals surface area contributed by atoms with Gasteiger partial charge < -0.3 is 10.4 Å². The van der Waals surface area contributed by atoms with E-state index in [9.17, 15) is 9.90 Å². The first-order valence-electron chi connectivity index (χ1n) is 10.0. The maximum atomic E-state index is 12.6. The summed E-state index contributed by atoms with van der Waals surface area (Å²) in [6.45, 7) is 4.02. The van der Waals surface area contributed by atoms with Gasteiger partial charge in [0, 0.05) is 5.02 Å². The molecule has 4 rings (SSSR count). The Balaban J connectivity index is 1.66. The van der Waals surface area contributed by atoms with E-state index in [0.717, 1.165) is 16.8 Å². The second kappa shape index (κ2) is 9.87. The maximum Gasteiger partial charge on any atom is 0.234 e. The van der Waals surface area contributed by atoms with Crippen LogP contribution in [0.15, 0.2) is 65.8 Å². The summed E-state index contributed by atoms with van der Waals surface area (Å²) in [4.78, 5) is 12.6. The molecule has 0 saturated carbocycles. The Hall–Kier alpha value is -3.00. The van der Waals surface area contributed by atoms with Gasteiger partial charge in [-0.2, -0.15) is 0 Å². The molecule has 168 valence electrons. The summed E-state index contributed by atoms with van der Waals surface area (Å²) in [5, 5.41) is 23.2. The summed E-state index contributed by atoms with van der Waals surface area (Å²) in [6.07, 6.45) is 0. The zero-order valence-electron chi connectivity index (χ0n) is 17.8. The van der Waals surface area contributed by atoms with Crippen LogP contribution in [0, 0.1) is 13.8 Å². The minimum Gasteiger partial charge on any atom is -0.507 e. The van der Waals surface area contributed by atoms with Crippen LogP contribution in [0.1, 0.15) is 11.1 Å². The SMILES string of the molecule is Cc1ccc(-n2c(SCC(=O)Nc3cc(Cl)ccc3Cl)nnc2-c2ccccc2O)c(C)c1. The number of phenolic OH excluding ortho intramolecular Hbond substituents is 1. The summed E-state index contributed by atoms with van der Waals surface area (Å²) in [5.41, 5.74) is 4.00. The van der Waals surface area contributed by atoms with Crippen LogP contribution in [0.25, 0.3) is 17.1 Å². The number of carbonyl (C=O) groups excluding carboxylic acids is 1. The van der Waals surface area contributed by atoms with E-state index in [-0.39, 0.29) is 17.4 Å². The number of halogens is 2. The molecule has 9 heteroatoms.